The largest absolute Gasteiger partial charge is 0.491 e. The van der Waals surface area contributed by atoms with Crippen molar-refractivity contribution in [2.45, 2.75) is 6.54 Å². The number of nitrogens with two attached hydrogens (primary N) is 1. The smallest absolute Gasteiger partial charge is 0.272 e. The van der Waals surface area contributed by atoms with E-state index in [2.05, 4.69) is 27.0 Å². The Morgan fingerprint density at radius 2 is 1.68 bits per heavy atom. The van der Waals surface area contributed by atoms with Gasteiger partial charge in [-0.15, -0.1) is 0 Å². The van der Waals surface area contributed by atoms with Gasteiger partial charge in [-0.2, -0.15) is 5.10 Å². The minimum Gasteiger partial charge on any atom is -0.491 e. The average molecular weight is 591 g/mol. The summed E-state index contributed by atoms with van der Waals surface area (Å²) in [6.45, 7) is 3.48. The number of imidazole rings is 1. The Hall–Kier alpha value is -5.49. The zero-order valence-corrected chi connectivity index (χ0v) is 23.8. The van der Waals surface area contributed by atoms with E-state index in [0.29, 0.717) is 52.9 Å². The summed E-state index contributed by atoms with van der Waals surface area (Å²) in [4.78, 5) is 41.4. The molecule has 1 aliphatic rings. The third-order valence-corrected chi connectivity index (χ3v) is 7.93. The van der Waals surface area contributed by atoms with E-state index in [1.165, 1.54) is 13.2 Å². The van der Waals surface area contributed by atoms with Crippen molar-refractivity contribution in [1.82, 2.24) is 29.5 Å². The van der Waals surface area contributed by atoms with E-state index in [1.807, 2.05) is 35.2 Å². The van der Waals surface area contributed by atoms with Gasteiger partial charge in [0.1, 0.15) is 34.4 Å². The minimum atomic E-state index is -0.552. The number of hydrogen-bond acceptors (Lipinski definition) is 10. The number of nitrogens with zero attached hydrogens (tertiary/aromatic N) is 7. The predicted octanol–water partition coefficient (Wildman–Crippen LogP) is 3.17. The second-order valence-electron chi connectivity index (χ2n) is 10.6. The molecule has 0 radical (unpaired) electrons. The molecule has 1 fully saturated rings. The molecule has 7 rings (SSSR count). The molecule has 220 valence electrons. The second-order valence-corrected chi connectivity index (χ2v) is 10.6. The van der Waals surface area contributed by atoms with E-state index in [9.17, 15) is 14.0 Å². The Balaban J connectivity index is 1.18. The van der Waals surface area contributed by atoms with Gasteiger partial charge in [-0.25, -0.2) is 18.9 Å². The van der Waals surface area contributed by atoms with E-state index in [0.717, 1.165) is 42.7 Å². The van der Waals surface area contributed by atoms with Gasteiger partial charge in [-0.3, -0.25) is 19.5 Å². The maximum Gasteiger partial charge on any atom is 0.272 e. The van der Waals surface area contributed by atoms with E-state index < -0.39 is 16.7 Å². The van der Waals surface area contributed by atoms with E-state index in [4.69, 9.17) is 20.6 Å². The van der Waals surface area contributed by atoms with Gasteiger partial charge in [0.05, 0.1) is 19.0 Å². The van der Waals surface area contributed by atoms with Crippen LogP contribution in [0.1, 0.15) is 5.56 Å². The summed E-state index contributed by atoms with van der Waals surface area (Å²) >= 11 is 0. The molecule has 0 unspecified atom stereocenters. The molecule has 44 heavy (non-hydrogen) atoms. The first-order chi connectivity index (χ1) is 21.4. The molecule has 1 aliphatic heterocycles. The summed E-state index contributed by atoms with van der Waals surface area (Å²) in [5, 5.41) is 4.84. The molecule has 5 heterocycles. The van der Waals surface area contributed by atoms with Gasteiger partial charge in [-0.1, -0.05) is 24.3 Å². The molecule has 6 aromatic rings. The minimum absolute atomic E-state index is 0.161. The Morgan fingerprint density at radius 3 is 2.39 bits per heavy atom. The van der Waals surface area contributed by atoms with Gasteiger partial charge in [-0.05, 0) is 42.0 Å². The lowest BCUT2D eigenvalue weighted by Crippen LogP contribution is -2.50. The van der Waals surface area contributed by atoms with Gasteiger partial charge in [0, 0.05) is 50.0 Å². The summed E-state index contributed by atoms with van der Waals surface area (Å²) in [5.74, 6) is 0.0983. The molecular weight excluding hydrogens is 563 g/mol. The Kier molecular flexibility index (Phi) is 6.82. The molecule has 0 atom stereocenters. The molecule has 4 aromatic heterocycles. The summed E-state index contributed by atoms with van der Waals surface area (Å²) in [5.41, 5.74) is 11.4. The highest BCUT2D eigenvalue weighted by atomic mass is 19.1. The van der Waals surface area contributed by atoms with Crippen LogP contribution in [0.4, 0.5) is 15.9 Å². The number of fused-ring (bicyclic) bond motifs is 1. The standard InChI is InChI=1S/C32H27FN8O3/c1-44-31-28(29(42)30(31)43)40-15-13-39(14-16-40)18-19-4-6-20(7-5-19)27-26(22-3-2-12-35-32(22)34)37-25-11-10-24(38-41(25)27)23-9-8-21(33)17-36-23/h2-12,17H,13-16,18H2,1H3,(H2,34,35). The quantitative estimate of drug-likeness (QED) is 0.277. The normalized spacial score (nSPS) is 14.0. The number of methoxy groups -OCH3 is 1. The molecule has 0 aliphatic carbocycles. The number of aromatic nitrogens is 5. The number of anilines is 2. The molecule has 2 aromatic carbocycles. The van der Waals surface area contributed by atoms with Crippen LogP contribution < -0.4 is 26.2 Å². The maximum atomic E-state index is 13.5. The highest BCUT2D eigenvalue weighted by Crippen LogP contribution is 2.35. The monoisotopic (exact) mass is 590 g/mol. The van der Waals surface area contributed by atoms with Crippen LogP contribution in [0.2, 0.25) is 0 Å². The van der Waals surface area contributed by atoms with Crippen LogP contribution in [0.3, 0.4) is 0 Å². The highest BCUT2D eigenvalue weighted by Gasteiger charge is 2.29. The van der Waals surface area contributed by atoms with Crippen LogP contribution in [0, 0.1) is 5.82 Å². The molecule has 0 saturated carbocycles. The van der Waals surface area contributed by atoms with E-state index >= 15 is 0 Å². The van der Waals surface area contributed by atoms with E-state index in [1.54, 1.807) is 22.8 Å². The highest BCUT2D eigenvalue weighted by molar-refractivity contribution is 5.86. The number of ether oxygens (including phenoxy) is 1. The first-order valence-electron chi connectivity index (χ1n) is 14.1. The van der Waals surface area contributed by atoms with Crippen molar-refractivity contribution in [3.63, 3.8) is 0 Å². The van der Waals surface area contributed by atoms with Crippen molar-refractivity contribution in [1.29, 1.82) is 0 Å². The van der Waals surface area contributed by atoms with Crippen molar-refractivity contribution in [3.05, 3.63) is 105 Å². The number of hydrogen-bond donors (Lipinski definition) is 1. The zero-order chi connectivity index (χ0) is 30.4. The molecular formula is C32H27FN8O3. The number of nitrogen functional groups attached to an aromatic ring is 1. The molecule has 1 saturated heterocycles. The molecule has 0 spiro atoms. The van der Waals surface area contributed by atoms with Crippen LogP contribution >= 0.6 is 0 Å². The number of piperazine rings is 1. The van der Waals surface area contributed by atoms with E-state index in [-0.39, 0.29) is 5.75 Å². The zero-order valence-electron chi connectivity index (χ0n) is 23.8. The van der Waals surface area contributed by atoms with Crippen molar-refractivity contribution in [2.75, 3.05) is 43.9 Å². The fraction of sp³-hybridized carbons (Fsp3) is 0.188. The Labute approximate surface area is 250 Å². The third kappa shape index (κ3) is 4.74. The topological polar surface area (TPSA) is 132 Å². The number of rotatable bonds is 7. The maximum absolute atomic E-state index is 13.5. The predicted molar refractivity (Wildman–Crippen MR) is 165 cm³/mol. The Morgan fingerprint density at radius 1 is 0.909 bits per heavy atom. The molecule has 0 amide bonds. The van der Waals surface area contributed by atoms with Crippen molar-refractivity contribution in [3.8, 4) is 39.7 Å². The van der Waals surface area contributed by atoms with Gasteiger partial charge in [0.2, 0.25) is 0 Å². The van der Waals surface area contributed by atoms with Crippen LogP contribution in [-0.2, 0) is 6.54 Å². The SMILES string of the molecule is COc1c(N2CCN(Cc3ccc(-c4c(-c5cccnc5N)nc5ccc(-c6ccc(F)cn6)nn45)cc3)CC2)c(=O)c1=O. The second kappa shape index (κ2) is 11.0. The fourth-order valence-electron chi connectivity index (χ4n) is 5.65. The van der Waals surface area contributed by atoms with Gasteiger partial charge < -0.3 is 15.4 Å². The van der Waals surface area contributed by atoms with Crippen molar-refractivity contribution in [2.24, 2.45) is 0 Å². The summed E-state index contributed by atoms with van der Waals surface area (Å²) in [6.07, 6.45) is 2.80. The van der Waals surface area contributed by atoms with Gasteiger partial charge in [0.25, 0.3) is 10.9 Å². The van der Waals surface area contributed by atoms with Crippen LogP contribution in [-0.4, -0.2) is 62.8 Å². The first-order valence-corrected chi connectivity index (χ1v) is 14.1. The first kappa shape index (κ1) is 27.3. The average Bonchev–Trinajstić information content (AvgIpc) is 3.43. The molecule has 11 nitrogen and oxygen atoms in total. The number of benzene rings is 1. The van der Waals surface area contributed by atoms with Crippen LogP contribution in [0.25, 0.3) is 39.5 Å². The van der Waals surface area contributed by atoms with Gasteiger partial charge in [0.15, 0.2) is 11.4 Å². The summed E-state index contributed by atoms with van der Waals surface area (Å²) < 4.78 is 20.4. The van der Waals surface area contributed by atoms with Gasteiger partial charge >= 0.3 is 0 Å². The lowest BCUT2D eigenvalue weighted by Gasteiger charge is -2.36. The third-order valence-electron chi connectivity index (χ3n) is 7.93. The molecule has 2 N–H and O–H groups in total. The molecule has 12 heteroatoms. The lowest BCUT2D eigenvalue weighted by molar-refractivity contribution is 0.248. The lowest BCUT2D eigenvalue weighted by atomic mass is 10.0. The van der Waals surface area contributed by atoms with Crippen LogP contribution in [0.15, 0.2) is 82.6 Å². The number of pyridine rings is 2. The fourth-order valence-corrected chi connectivity index (χ4v) is 5.65. The summed E-state index contributed by atoms with van der Waals surface area (Å²) in [6, 6.07) is 18.5. The summed E-state index contributed by atoms with van der Waals surface area (Å²) in [7, 11) is 1.42. The molecule has 0 bridgehead atoms. The van der Waals surface area contributed by atoms with Crippen LogP contribution in [0.5, 0.6) is 5.75 Å². The number of halogens is 1. The van der Waals surface area contributed by atoms with Crippen molar-refractivity contribution >= 4 is 17.2 Å². The van der Waals surface area contributed by atoms with Crippen molar-refractivity contribution < 1.29 is 9.13 Å². The Bertz CT molecular complexity index is 2060.